The maximum absolute atomic E-state index is 10.4. The predicted molar refractivity (Wildman–Crippen MR) is 40.3 cm³/mol. The van der Waals surface area contributed by atoms with E-state index in [4.69, 9.17) is 11.6 Å². The summed E-state index contributed by atoms with van der Waals surface area (Å²) in [6.07, 6.45) is -1.48. The van der Waals surface area contributed by atoms with Gasteiger partial charge in [-0.15, -0.1) is 0 Å². The standard InChI is InChI=1S/C7H14O5/c1-5(9)12-4-7(2,11)6(10)3-8/h6,8,10-11H,3-4H2,1-2H3/t6-,7+/m1/s1/i2D. The number of esters is 1. The molecule has 0 fully saturated rings. The van der Waals surface area contributed by atoms with E-state index < -0.39 is 37.8 Å². The fourth-order valence-corrected chi connectivity index (χ4v) is 0.493. The van der Waals surface area contributed by atoms with Crippen LogP contribution in [0.25, 0.3) is 0 Å². The van der Waals surface area contributed by atoms with Crippen LogP contribution < -0.4 is 0 Å². The number of hydrogen-bond acceptors (Lipinski definition) is 5. The van der Waals surface area contributed by atoms with Gasteiger partial charge in [-0.2, -0.15) is 0 Å². The minimum atomic E-state index is -1.89. The van der Waals surface area contributed by atoms with Crippen molar-refractivity contribution < 1.29 is 26.2 Å². The van der Waals surface area contributed by atoms with E-state index in [0.29, 0.717) is 0 Å². The van der Waals surface area contributed by atoms with Crippen LogP contribution in [0.15, 0.2) is 0 Å². The van der Waals surface area contributed by atoms with Crippen LogP contribution >= 0.6 is 0 Å². The Hall–Kier alpha value is -0.650. The molecular formula is C7H14O5. The van der Waals surface area contributed by atoms with Crippen LogP contribution in [0.2, 0.25) is 0 Å². The van der Waals surface area contributed by atoms with Gasteiger partial charge in [-0.3, -0.25) is 4.79 Å². The lowest BCUT2D eigenvalue weighted by molar-refractivity contribution is -0.158. The van der Waals surface area contributed by atoms with Crippen LogP contribution in [0.1, 0.15) is 15.2 Å². The molecule has 0 aliphatic rings. The van der Waals surface area contributed by atoms with E-state index in [2.05, 4.69) is 4.74 Å². The maximum Gasteiger partial charge on any atom is 0.302 e. The molecule has 0 saturated heterocycles. The Labute approximate surface area is 72.0 Å². The van der Waals surface area contributed by atoms with Crippen LogP contribution in [0.5, 0.6) is 0 Å². The fraction of sp³-hybridized carbons (Fsp3) is 0.857. The molecule has 0 rings (SSSR count). The van der Waals surface area contributed by atoms with E-state index in [1.807, 2.05) is 0 Å². The van der Waals surface area contributed by atoms with Crippen LogP contribution in [0.4, 0.5) is 0 Å². The number of hydrogen-bond donors (Lipinski definition) is 3. The number of ether oxygens (including phenoxy) is 1. The second kappa shape index (κ2) is 4.39. The lowest BCUT2D eigenvalue weighted by Gasteiger charge is -2.26. The van der Waals surface area contributed by atoms with Crippen molar-refractivity contribution in [1.82, 2.24) is 0 Å². The van der Waals surface area contributed by atoms with Gasteiger partial charge in [0.25, 0.3) is 0 Å². The highest BCUT2D eigenvalue weighted by Crippen LogP contribution is 2.09. The Morgan fingerprint density at radius 1 is 1.83 bits per heavy atom. The summed E-state index contributed by atoms with van der Waals surface area (Å²) in [7, 11) is 0. The highest BCUT2D eigenvalue weighted by molar-refractivity contribution is 5.65. The summed E-state index contributed by atoms with van der Waals surface area (Å²) in [6, 6.07) is 0. The normalized spacial score (nSPS) is 19.2. The third-order valence-electron chi connectivity index (χ3n) is 1.32. The van der Waals surface area contributed by atoms with Gasteiger partial charge in [0.1, 0.15) is 18.3 Å². The fourth-order valence-electron chi connectivity index (χ4n) is 0.493. The molecule has 3 N–H and O–H groups in total. The number of carbonyl (C=O) groups excluding carboxylic acids is 1. The van der Waals surface area contributed by atoms with E-state index in [9.17, 15) is 9.90 Å². The van der Waals surface area contributed by atoms with E-state index in [0.717, 1.165) is 6.92 Å². The summed E-state index contributed by atoms with van der Waals surface area (Å²) in [4.78, 5) is 10.4. The van der Waals surface area contributed by atoms with E-state index in [-0.39, 0.29) is 0 Å². The monoisotopic (exact) mass is 179 g/mol. The quantitative estimate of drug-likeness (QED) is 0.465. The zero-order valence-corrected chi connectivity index (χ0v) is 6.86. The van der Waals surface area contributed by atoms with Crippen LogP contribution in [-0.4, -0.2) is 46.2 Å². The highest BCUT2D eigenvalue weighted by atomic mass is 16.5. The van der Waals surface area contributed by atoms with Crippen molar-refractivity contribution in [3.63, 3.8) is 0 Å². The van der Waals surface area contributed by atoms with Crippen molar-refractivity contribution in [2.45, 2.75) is 25.5 Å². The number of carbonyl (C=O) groups is 1. The first-order valence-corrected chi connectivity index (χ1v) is 3.40. The van der Waals surface area contributed by atoms with Crippen molar-refractivity contribution >= 4 is 5.97 Å². The largest absolute Gasteiger partial charge is 0.463 e. The molecule has 0 aromatic rings. The molecule has 2 atom stereocenters. The van der Waals surface area contributed by atoms with E-state index in [1.165, 1.54) is 0 Å². The van der Waals surface area contributed by atoms with Gasteiger partial charge in [-0.1, -0.05) is 0 Å². The lowest BCUT2D eigenvalue weighted by Crippen LogP contribution is -2.46. The molecule has 0 radical (unpaired) electrons. The smallest absolute Gasteiger partial charge is 0.302 e. The summed E-state index contributed by atoms with van der Waals surface area (Å²) in [5, 5.41) is 27.1. The zero-order chi connectivity index (χ0) is 10.5. The molecule has 0 bridgehead atoms. The first-order valence-electron chi connectivity index (χ1n) is 4.11. The van der Waals surface area contributed by atoms with Gasteiger partial charge in [0.2, 0.25) is 0 Å². The van der Waals surface area contributed by atoms with E-state index >= 15 is 0 Å². The van der Waals surface area contributed by atoms with Crippen molar-refractivity contribution in [2.75, 3.05) is 13.2 Å². The first kappa shape index (κ1) is 9.44. The Morgan fingerprint density at radius 2 is 2.42 bits per heavy atom. The average Bonchev–Trinajstić information content (AvgIpc) is 2.12. The average molecular weight is 179 g/mol. The van der Waals surface area contributed by atoms with Gasteiger partial charge >= 0.3 is 5.97 Å². The molecule has 0 saturated carbocycles. The molecule has 0 aliphatic carbocycles. The maximum atomic E-state index is 10.4. The molecule has 0 unspecified atom stereocenters. The molecule has 0 aromatic carbocycles. The van der Waals surface area contributed by atoms with Crippen molar-refractivity contribution in [3.8, 4) is 0 Å². The number of aliphatic hydroxyl groups excluding tert-OH is 2. The Balaban J connectivity index is 4.18. The summed E-state index contributed by atoms with van der Waals surface area (Å²) < 4.78 is 11.4. The topological polar surface area (TPSA) is 87.0 Å². The van der Waals surface area contributed by atoms with Gasteiger partial charge < -0.3 is 20.1 Å². The molecule has 0 spiro atoms. The summed E-state index contributed by atoms with van der Waals surface area (Å²) in [5.41, 5.74) is -1.89. The van der Waals surface area contributed by atoms with Crippen LogP contribution in [0, 0.1) is 0 Å². The molecule has 5 heteroatoms. The number of rotatable bonds is 4. The third-order valence-corrected chi connectivity index (χ3v) is 1.32. The van der Waals surface area contributed by atoms with E-state index in [1.54, 1.807) is 0 Å². The van der Waals surface area contributed by atoms with Gasteiger partial charge in [0.05, 0.1) is 6.61 Å². The third kappa shape index (κ3) is 3.66. The Kier molecular flexibility index (Phi) is 3.46. The van der Waals surface area contributed by atoms with Gasteiger partial charge in [-0.25, -0.2) is 0 Å². The zero-order valence-electron chi connectivity index (χ0n) is 7.86. The highest BCUT2D eigenvalue weighted by Gasteiger charge is 2.30. The van der Waals surface area contributed by atoms with Crippen LogP contribution in [-0.2, 0) is 9.53 Å². The summed E-state index contributed by atoms with van der Waals surface area (Å²) in [5.74, 6) is -0.614. The summed E-state index contributed by atoms with van der Waals surface area (Å²) in [6.45, 7) is -0.581. The number of aliphatic hydroxyl groups is 3. The van der Waals surface area contributed by atoms with Gasteiger partial charge in [-0.05, 0) is 6.90 Å². The molecule has 12 heavy (non-hydrogen) atoms. The minimum Gasteiger partial charge on any atom is -0.463 e. The first-order chi connectivity index (χ1) is 5.96. The molecule has 72 valence electrons. The van der Waals surface area contributed by atoms with Crippen molar-refractivity contribution in [3.05, 3.63) is 0 Å². The molecule has 0 heterocycles. The summed E-state index contributed by atoms with van der Waals surface area (Å²) >= 11 is 0. The van der Waals surface area contributed by atoms with Crippen LogP contribution in [0.3, 0.4) is 0 Å². The molecule has 0 aliphatic heterocycles. The van der Waals surface area contributed by atoms with Crippen molar-refractivity contribution in [2.24, 2.45) is 0 Å². The van der Waals surface area contributed by atoms with Gasteiger partial charge in [0.15, 0.2) is 0 Å². The van der Waals surface area contributed by atoms with Crippen molar-refractivity contribution in [1.29, 1.82) is 0 Å². The lowest BCUT2D eigenvalue weighted by atomic mass is 10.0. The molecule has 0 aromatic heterocycles. The predicted octanol–water partition coefficient (Wildman–Crippen LogP) is -1.35. The molecule has 5 nitrogen and oxygen atoms in total. The minimum absolute atomic E-state index is 0.492. The van der Waals surface area contributed by atoms with Gasteiger partial charge in [0, 0.05) is 8.29 Å². The second-order valence-electron chi connectivity index (χ2n) is 2.58. The molecular weight excluding hydrogens is 164 g/mol. The Morgan fingerprint density at radius 3 is 2.75 bits per heavy atom. The SMILES string of the molecule is [2H]C[C@](O)(COC(C)=O)[C@H](O)CO. The molecule has 0 amide bonds. The Bertz CT molecular complexity index is 174. The second-order valence-corrected chi connectivity index (χ2v) is 2.58.